The standard InChI is InChI=1S/C11H19N3O2/c1-5-16-11(15)10-9(6-12-8(2)3)7-14(4)13-10/h7-8,12H,5-6H2,1-4H3. The van der Waals surface area contributed by atoms with Gasteiger partial charge in [-0.2, -0.15) is 5.10 Å². The number of ether oxygens (including phenoxy) is 1. The van der Waals surface area contributed by atoms with E-state index in [0.717, 1.165) is 5.56 Å². The lowest BCUT2D eigenvalue weighted by Gasteiger charge is -2.07. The summed E-state index contributed by atoms with van der Waals surface area (Å²) in [7, 11) is 1.79. The Labute approximate surface area is 95.8 Å². The summed E-state index contributed by atoms with van der Waals surface area (Å²) in [5.41, 5.74) is 1.27. The fraction of sp³-hybridized carbons (Fsp3) is 0.636. The molecule has 1 N–H and O–H groups in total. The van der Waals surface area contributed by atoms with Gasteiger partial charge in [-0.25, -0.2) is 4.79 Å². The summed E-state index contributed by atoms with van der Waals surface area (Å²) in [4.78, 5) is 11.6. The lowest BCUT2D eigenvalue weighted by atomic mass is 10.2. The Kier molecular flexibility index (Phi) is 4.49. The van der Waals surface area contributed by atoms with Gasteiger partial charge in [0, 0.05) is 31.4 Å². The second-order valence-corrected chi connectivity index (χ2v) is 3.93. The Balaban J connectivity index is 2.78. The van der Waals surface area contributed by atoms with Crippen molar-refractivity contribution in [1.29, 1.82) is 0 Å². The minimum atomic E-state index is -0.358. The molecule has 1 aromatic heterocycles. The number of nitrogens with one attached hydrogen (secondary N) is 1. The first-order chi connectivity index (χ1) is 7.54. The predicted octanol–water partition coefficient (Wildman–Crippen LogP) is 1.09. The van der Waals surface area contributed by atoms with Crippen LogP contribution in [0.4, 0.5) is 0 Å². The highest BCUT2D eigenvalue weighted by Gasteiger charge is 2.16. The predicted molar refractivity (Wildman–Crippen MR) is 61.1 cm³/mol. The van der Waals surface area contributed by atoms with Crippen molar-refractivity contribution in [3.05, 3.63) is 17.5 Å². The van der Waals surface area contributed by atoms with E-state index < -0.39 is 0 Å². The van der Waals surface area contributed by atoms with Crippen LogP contribution in [0.3, 0.4) is 0 Å². The van der Waals surface area contributed by atoms with Gasteiger partial charge in [-0.15, -0.1) is 0 Å². The van der Waals surface area contributed by atoms with E-state index in [2.05, 4.69) is 24.3 Å². The fourth-order valence-corrected chi connectivity index (χ4v) is 1.35. The van der Waals surface area contributed by atoms with Gasteiger partial charge in [-0.1, -0.05) is 13.8 Å². The molecule has 5 nitrogen and oxygen atoms in total. The SMILES string of the molecule is CCOC(=O)c1nn(C)cc1CNC(C)C. The summed E-state index contributed by atoms with van der Waals surface area (Å²) in [5, 5.41) is 7.36. The monoisotopic (exact) mass is 225 g/mol. The van der Waals surface area contributed by atoms with Gasteiger partial charge in [0.1, 0.15) is 0 Å². The molecule has 5 heteroatoms. The average molecular weight is 225 g/mol. The van der Waals surface area contributed by atoms with Crippen molar-refractivity contribution in [1.82, 2.24) is 15.1 Å². The van der Waals surface area contributed by atoms with Crippen molar-refractivity contribution in [2.75, 3.05) is 6.61 Å². The third kappa shape index (κ3) is 3.34. The molecule has 0 fully saturated rings. The number of nitrogens with zero attached hydrogens (tertiary/aromatic N) is 2. The van der Waals surface area contributed by atoms with Crippen LogP contribution in [0.15, 0.2) is 6.20 Å². The number of rotatable bonds is 5. The summed E-state index contributed by atoms with van der Waals surface area (Å²) in [6.45, 7) is 6.89. The molecule has 1 aromatic rings. The van der Waals surface area contributed by atoms with Gasteiger partial charge in [0.05, 0.1) is 6.61 Å². The summed E-state index contributed by atoms with van der Waals surface area (Å²) >= 11 is 0. The van der Waals surface area contributed by atoms with Crippen molar-refractivity contribution < 1.29 is 9.53 Å². The third-order valence-electron chi connectivity index (χ3n) is 2.07. The second kappa shape index (κ2) is 5.65. The topological polar surface area (TPSA) is 56.1 Å². The zero-order valence-corrected chi connectivity index (χ0v) is 10.3. The van der Waals surface area contributed by atoms with Crippen LogP contribution < -0.4 is 5.32 Å². The lowest BCUT2D eigenvalue weighted by molar-refractivity contribution is 0.0517. The molecule has 0 amide bonds. The molecule has 1 heterocycles. The Morgan fingerprint density at radius 1 is 1.62 bits per heavy atom. The Bertz CT molecular complexity index is 358. The largest absolute Gasteiger partial charge is 0.461 e. The maximum absolute atomic E-state index is 11.6. The van der Waals surface area contributed by atoms with Crippen molar-refractivity contribution >= 4 is 5.97 Å². The Morgan fingerprint density at radius 3 is 2.88 bits per heavy atom. The van der Waals surface area contributed by atoms with Gasteiger partial charge in [-0.3, -0.25) is 4.68 Å². The summed E-state index contributed by atoms with van der Waals surface area (Å²) in [6, 6.07) is 0.371. The van der Waals surface area contributed by atoms with E-state index in [1.807, 2.05) is 6.20 Å². The number of aromatic nitrogens is 2. The zero-order valence-electron chi connectivity index (χ0n) is 10.3. The van der Waals surface area contributed by atoms with E-state index in [0.29, 0.717) is 24.9 Å². The van der Waals surface area contributed by atoms with Gasteiger partial charge < -0.3 is 10.1 Å². The zero-order chi connectivity index (χ0) is 12.1. The molecule has 0 saturated heterocycles. The van der Waals surface area contributed by atoms with Crippen LogP contribution in [0.25, 0.3) is 0 Å². The van der Waals surface area contributed by atoms with Crippen LogP contribution in [-0.2, 0) is 18.3 Å². The van der Waals surface area contributed by atoms with Gasteiger partial charge in [-0.05, 0) is 6.92 Å². The van der Waals surface area contributed by atoms with E-state index in [1.54, 1.807) is 18.7 Å². The Hall–Kier alpha value is -1.36. The van der Waals surface area contributed by atoms with Crippen LogP contribution in [0, 0.1) is 0 Å². The lowest BCUT2D eigenvalue weighted by Crippen LogP contribution is -2.23. The molecule has 0 radical (unpaired) electrons. The molecular weight excluding hydrogens is 206 g/mol. The van der Waals surface area contributed by atoms with Crippen LogP contribution in [0.5, 0.6) is 0 Å². The van der Waals surface area contributed by atoms with Crippen LogP contribution in [0.2, 0.25) is 0 Å². The van der Waals surface area contributed by atoms with E-state index in [4.69, 9.17) is 4.74 Å². The highest BCUT2D eigenvalue weighted by atomic mass is 16.5. The van der Waals surface area contributed by atoms with Gasteiger partial charge in [0.15, 0.2) is 5.69 Å². The maximum atomic E-state index is 11.6. The smallest absolute Gasteiger partial charge is 0.359 e. The number of carbonyl (C=O) groups excluding carboxylic acids is 1. The molecule has 16 heavy (non-hydrogen) atoms. The van der Waals surface area contributed by atoms with E-state index in [9.17, 15) is 4.79 Å². The highest BCUT2D eigenvalue weighted by Crippen LogP contribution is 2.08. The number of hydrogen-bond donors (Lipinski definition) is 1. The van der Waals surface area contributed by atoms with E-state index in [1.165, 1.54) is 0 Å². The Morgan fingerprint density at radius 2 is 2.31 bits per heavy atom. The van der Waals surface area contributed by atoms with Gasteiger partial charge >= 0.3 is 5.97 Å². The van der Waals surface area contributed by atoms with Crippen molar-refractivity contribution in [3.63, 3.8) is 0 Å². The molecule has 0 aliphatic heterocycles. The van der Waals surface area contributed by atoms with E-state index >= 15 is 0 Å². The van der Waals surface area contributed by atoms with Crippen LogP contribution in [0.1, 0.15) is 36.8 Å². The molecule has 0 unspecified atom stereocenters. The molecule has 0 aliphatic carbocycles. The molecule has 0 saturated carbocycles. The first-order valence-corrected chi connectivity index (χ1v) is 5.47. The average Bonchev–Trinajstić information content (AvgIpc) is 2.57. The number of carbonyl (C=O) groups is 1. The summed E-state index contributed by atoms with van der Waals surface area (Å²) in [5.74, 6) is -0.358. The van der Waals surface area contributed by atoms with Crippen molar-refractivity contribution in [3.8, 4) is 0 Å². The molecule has 0 atom stereocenters. The van der Waals surface area contributed by atoms with E-state index in [-0.39, 0.29) is 5.97 Å². The van der Waals surface area contributed by atoms with Crippen molar-refractivity contribution in [2.45, 2.75) is 33.4 Å². The molecule has 1 rings (SSSR count). The highest BCUT2D eigenvalue weighted by molar-refractivity contribution is 5.88. The third-order valence-corrected chi connectivity index (χ3v) is 2.07. The molecule has 0 aromatic carbocycles. The minimum absolute atomic E-state index is 0.358. The molecule has 0 aliphatic rings. The second-order valence-electron chi connectivity index (χ2n) is 3.93. The fourth-order valence-electron chi connectivity index (χ4n) is 1.35. The minimum Gasteiger partial charge on any atom is -0.461 e. The first kappa shape index (κ1) is 12.7. The molecular formula is C11H19N3O2. The summed E-state index contributed by atoms with van der Waals surface area (Å²) < 4.78 is 6.57. The number of esters is 1. The van der Waals surface area contributed by atoms with Gasteiger partial charge in [0.2, 0.25) is 0 Å². The maximum Gasteiger partial charge on any atom is 0.359 e. The first-order valence-electron chi connectivity index (χ1n) is 5.47. The van der Waals surface area contributed by atoms with Crippen molar-refractivity contribution in [2.24, 2.45) is 7.05 Å². The normalized spacial score (nSPS) is 10.8. The van der Waals surface area contributed by atoms with Crippen LogP contribution in [-0.4, -0.2) is 28.4 Å². The summed E-state index contributed by atoms with van der Waals surface area (Å²) in [6.07, 6.45) is 1.83. The van der Waals surface area contributed by atoms with Crippen LogP contribution >= 0.6 is 0 Å². The molecule has 0 bridgehead atoms. The molecule has 90 valence electrons. The van der Waals surface area contributed by atoms with Gasteiger partial charge in [0.25, 0.3) is 0 Å². The number of hydrogen-bond acceptors (Lipinski definition) is 4. The molecule has 0 spiro atoms. The quantitative estimate of drug-likeness (QED) is 0.762. The number of aryl methyl sites for hydroxylation is 1.